The minimum absolute atomic E-state index is 0.0156. The number of aromatic nitrogens is 1. The predicted molar refractivity (Wildman–Crippen MR) is 83.2 cm³/mol. The van der Waals surface area contributed by atoms with Crippen LogP contribution in [0.2, 0.25) is 0 Å². The molecule has 2 rings (SSSR count). The monoisotopic (exact) mass is 299 g/mol. The van der Waals surface area contributed by atoms with Crippen LogP contribution in [0.4, 0.5) is 0 Å². The number of hydrogen-bond acceptors (Lipinski definition) is 4. The number of rotatable bonds is 4. The van der Waals surface area contributed by atoms with Crippen molar-refractivity contribution in [3.63, 3.8) is 0 Å². The van der Waals surface area contributed by atoms with Crippen LogP contribution in [0, 0.1) is 11.3 Å². The van der Waals surface area contributed by atoms with E-state index in [0.717, 1.165) is 31.3 Å². The molecule has 0 saturated heterocycles. The van der Waals surface area contributed by atoms with Crippen molar-refractivity contribution in [1.29, 1.82) is 5.26 Å². The van der Waals surface area contributed by atoms with Gasteiger partial charge in [-0.25, -0.2) is 4.98 Å². The molecule has 1 N–H and O–H groups in total. The Morgan fingerprint density at radius 2 is 2.09 bits per heavy atom. The second-order valence-electron chi connectivity index (χ2n) is 5.82. The maximum atomic E-state index is 11.7. The topological polar surface area (TPSA) is 75.0 Å². The van der Waals surface area contributed by atoms with Crippen LogP contribution in [0.5, 0.6) is 5.88 Å². The Hall–Kier alpha value is -2.35. The summed E-state index contributed by atoms with van der Waals surface area (Å²) in [5.74, 6) is 0.536. The molecule has 0 bridgehead atoms. The lowest BCUT2D eigenvalue weighted by Crippen LogP contribution is -2.39. The highest BCUT2D eigenvalue weighted by molar-refractivity contribution is 5.88. The van der Waals surface area contributed by atoms with E-state index in [0.29, 0.717) is 11.4 Å². The normalized spacial score (nSPS) is 20.6. The first kappa shape index (κ1) is 16.0. The summed E-state index contributed by atoms with van der Waals surface area (Å²) in [7, 11) is 0. The van der Waals surface area contributed by atoms with Crippen molar-refractivity contribution in [3.8, 4) is 11.9 Å². The molecule has 1 aliphatic carbocycles. The fourth-order valence-electron chi connectivity index (χ4n) is 2.52. The Kier molecular flexibility index (Phi) is 5.54. The molecule has 1 amide bonds. The lowest BCUT2D eigenvalue weighted by atomic mass is 9.93. The quantitative estimate of drug-likeness (QED) is 0.867. The van der Waals surface area contributed by atoms with Crippen molar-refractivity contribution in [2.24, 2.45) is 0 Å². The summed E-state index contributed by atoms with van der Waals surface area (Å²) in [5, 5.41) is 11.8. The number of allylic oxidation sites excluding steroid dienone is 1. The molecule has 22 heavy (non-hydrogen) atoms. The Balaban J connectivity index is 1.78. The Labute approximate surface area is 131 Å². The molecule has 0 unspecified atom stereocenters. The van der Waals surface area contributed by atoms with Gasteiger partial charge in [-0.2, -0.15) is 5.26 Å². The van der Waals surface area contributed by atoms with Crippen LogP contribution in [-0.2, 0) is 4.79 Å². The molecule has 1 aromatic heterocycles. The van der Waals surface area contributed by atoms with E-state index in [1.807, 2.05) is 19.9 Å². The number of hydrogen-bond donors (Lipinski definition) is 1. The van der Waals surface area contributed by atoms with Gasteiger partial charge in [-0.05, 0) is 45.6 Å². The van der Waals surface area contributed by atoms with Gasteiger partial charge in [0.05, 0.1) is 5.56 Å². The Morgan fingerprint density at radius 3 is 2.64 bits per heavy atom. The van der Waals surface area contributed by atoms with Crippen molar-refractivity contribution in [2.75, 3.05) is 0 Å². The summed E-state index contributed by atoms with van der Waals surface area (Å²) >= 11 is 0. The van der Waals surface area contributed by atoms with Crippen LogP contribution in [0.15, 0.2) is 30.0 Å². The third-order valence-electron chi connectivity index (χ3n) is 3.59. The van der Waals surface area contributed by atoms with Gasteiger partial charge in [0.25, 0.3) is 0 Å². The van der Waals surface area contributed by atoms with Gasteiger partial charge in [-0.1, -0.05) is 5.57 Å². The number of nitrogens with zero attached hydrogens (tertiary/aromatic N) is 2. The molecular formula is C17H21N3O2. The molecule has 1 saturated carbocycles. The molecule has 0 atom stereocenters. The van der Waals surface area contributed by atoms with Crippen molar-refractivity contribution in [2.45, 2.75) is 51.7 Å². The maximum Gasteiger partial charge on any atom is 0.244 e. The number of nitrogens with one attached hydrogen (secondary N) is 1. The zero-order valence-electron chi connectivity index (χ0n) is 13.0. The molecule has 116 valence electrons. The standard InChI is InChI=1S/C17H21N3O2/c1-12(2)9-16(21)20-14-4-6-15(7-5-14)22-17-8-3-13(10-18)11-19-17/h3,8-9,11,14-15H,4-7H2,1-2H3,(H,20,21). The highest BCUT2D eigenvalue weighted by atomic mass is 16.5. The van der Waals surface area contributed by atoms with E-state index in [2.05, 4.69) is 10.3 Å². The molecule has 0 radical (unpaired) electrons. The summed E-state index contributed by atoms with van der Waals surface area (Å²) in [6.45, 7) is 3.82. The number of carbonyl (C=O) groups excluding carboxylic acids is 1. The van der Waals surface area contributed by atoms with Gasteiger partial charge in [0.2, 0.25) is 11.8 Å². The molecule has 0 aliphatic heterocycles. The second kappa shape index (κ2) is 7.60. The zero-order valence-corrected chi connectivity index (χ0v) is 13.0. The van der Waals surface area contributed by atoms with Crippen LogP contribution >= 0.6 is 0 Å². The van der Waals surface area contributed by atoms with Crippen LogP contribution < -0.4 is 10.1 Å². The first-order valence-electron chi connectivity index (χ1n) is 7.55. The summed E-state index contributed by atoms with van der Waals surface area (Å²) < 4.78 is 5.83. The van der Waals surface area contributed by atoms with E-state index in [4.69, 9.17) is 10.00 Å². The first-order chi connectivity index (χ1) is 10.6. The summed E-state index contributed by atoms with van der Waals surface area (Å²) in [6, 6.07) is 5.68. The zero-order chi connectivity index (χ0) is 15.9. The molecule has 1 fully saturated rings. The third-order valence-corrected chi connectivity index (χ3v) is 3.59. The SMILES string of the molecule is CC(C)=CC(=O)NC1CCC(Oc2ccc(C#N)cn2)CC1. The second-order valence-corrected chi connectivity index (χ2v) is 5.82. The first-order valence-corrected chi connectivity index (χ1v) is 7.55. The minimum Gasteiger partial charge on any atom is -0.474 e. The Bertz CT molecular complexity index is 575. The largest absolute Gasteiger partial charge is 0.474 e. The van der Waals surface area contributed by atoms with E-state index < -0.39 is 0 Å². The fourth-order valence-corrected chi connectivity index (χ4v) is 2.52. The van der Waals surface area contributed by atoms with Gasteiger partial charge in [0, 0.05) is 24.4 Å². The van der Waals surface area contributed by atoms with Gasteiger partial charge in [-0.15, -0.1) is 0 Å². The third kappa shape index (κ3) is 4.88. The maximum absolute atomic E-state index is 11.7. The number of carbonyl (C=O) groups is 1. The number of pyridine rings is 1. The smallest absolute Gasteiger partial charge is 0.244 e. The van der Waals surface area contributed by atoms with E-state index in [1.54, 1.807) is 18.2 Å². The van der Waals surface area contributed by atoms with Gasteiger partial charge in [-0.3, -0.25) is 4.79 Å². The number of nitriles is 1. The lowest BCUT2D eigenvalue weighted by Gasteiger charge is -2.29. The molecule has 1 aliphatic rings. The molecule has 0 aromatic carbocycles. The minimum atomic E-state index is -0.0156. The summed E-state index contributed by atoms with van der Waals surface area (Å²) in [4.78, 5) is 15.8. The lowest BCUT2D eigenvalue weighted by molar-refractivity contribution is -0.117. The predicted octanol–water partition coefficient (Wildman–Crippen LogP) is 2.73. The molecule has 5 heteroatoms. The van der Waals surface area contributed by atoms with E-state index in [1.165, 1.54) is 6.20 Å². The molecular weight excluding hydrogens is 278 g/mol. The van der Waals surface area contributed by atoms with E-state index in [9.17, 15) is 4.79 Å². The average molecular weight is 299 g/mol. The number of ether oxygens (including phenoxy) is 1. The molecule has 5 nitrogen and oxygen atoms in total. The van der Waals surface area contributed by atoms with E-state index in [-0.39, 0.29) is 18.1 Å². The van der Waals surface area contributed by atoms with Crippen molar-refractivity contribution in [1.82, 2.24) is 10.3 Å². The highest BCUT2D eigenvalue weighted by Gasteiger charge is 2.23. The summed E-state index contributed by atoms with van der Waals surface area (Å²) in [6.07, 6.45) is 6.86. The van der Waals surface area contributed by atoms with Crippen LogP contribution in [0.3, 0.4) is 0 Å². The fraction of sp³-hybridized carbons (Fsp3) is 0.471. The van der Waals surface area contributed by atoms with Gasteiger partial charge < -0.3 is 10.1 Å². The summed E-state index contributed by atoms with van der Waals surface area (Å²) in [5.41, 5.74) is 1.53. The molecule has 1 heterocycles. The average Bonchev–Trinajstić information content (AvgIpc) is 2.49. The van der Waals surface area contributed by atoms with Crippen molar-refractivity contribution >= 4 is 5.91 Å². The van der Waals surface area contributed by atoms with Gasteiger partial charge in [0.15, 0.2) is 0 Å². The molecule has 1 aromatic rings. The Morgan fingerprint density at radius 1 is 1.36 bits per heavy atom. The van der Waals surface area contributed by atoms with E-state index >= 15 is 0 Å². The van der Waals surface area contributed by atoms with Crippen LogP contribution in [0.1, 0.15) is 45.1 Å². The number of amides is 1. The van der Waals surface area contributed by atoms with Crippen LogP contribution in [0.25, 0.3) is 0 Å². The van der Waals surface area contributed by atoms with Gasteiger partial charge in [0.1, 0.15) is 12.2 Å². The van der Waals surface area contributed by atoms with Gasteiger partial charge >= 0.3 is 0 Å². The van der Waals surface area contributed by atoms with Crippen LogP contribution in [-0.4, -0.2) is 23.0 Å². The van der Waals surface area contributed by atoms with Crippen molar-refractivity contribution < 1.29 is 9.53 Å². The molecule has 0 spiro atoms. The van der Waals surface area contributed by atoms with Crippen molar-refractivity contribution in [3.05, 3.63) is 35.5 Å². The highest BCUT2D eigenvalue weighted by Crippen LogP contribution is 2.23.